The lowest BCUT2D eigenvalue weighted by Crippen LogP contribution is -2.19. The quantitative estimate of drug-likeness (QED) is 0.685. The number of hydrogen-bond donors (Lipinski definition) is 1. The van der Waals surface area contributed by atoms with Crippen molar-refractivity contribution >= 4 is 17.7 Å². The fourth-order valence-corrected chi connectivity index (χ4v) is 2.06. The van der Waals surface area contributed by atoms with E-state index in [1.807, 2.05) is 0 Å². The molecule has 0 fully saturated rings. The molecule has 0 unspecified atom stereocenters. The van der Waals surface area contributed by atoms with Crippen LogP contribution in [-0.4, -0.2) is 41.1 Å². The molecule has 3 atom stereocenters. The third kappa shape index (κ3) is 7.93. The minimum Gasteiger partial charge on any atom is -0.463 e. The molecule has 0 saturated carbocycles. The van der Waals surface area contributed by atoms with Gasteiger partial charge >= 0.3 is 11.9 Å². The number of aliphatic hydroxyl groups is 1. The lowest BCUT2D eigenvalue weighted by molar-refractivity contribution is -0.149. The van der Waals surface area contributed by atoms with Crippen LogP contribution in [0.5, 0.6) is 0 Å². The summed E-state index contributed by atoms with van der Waals surface area (Å²) in [4.78, 5) is 34.8. The first-order chi connectivity index (χ1) is 10.4. The van der Waals surface area contributed by atoms with Crippen molar-refractivity contribution in [3.63, 3.8) is 0 Å². The lowest BCUT2D eigenvalue weighted by atomic mass is 10.1. The molecule has 0 aliphatic carbocycles. The Kier molecular flexibility index (Phi) is 7.80. The van der Waals surface area contributed by atoms with Crippen molar-refractivity contribution in [2.45, 2.75) is 70.7 Å². The molecule has 0 bridgehead atoms. The van der Waals surface area contributed by atoms with E-state index in [-0.39, 0.29) is 31.1 Å². The number of Topliss-reactive ketones (excluding diaryl/α,β-unsaturated/α-hetero) is 1. The Balaban J connectivity index is 2.65. The maximum absolute atomic E-state index is 11.7. The first kappa shape index (κ1) is 18.4. The van der Waals surface area contributed by atoms with Gasteiger partial charge in [0.25, 0.3) is 0 Å². The second kappa shape index (κ2) is 9.35. The summed E-state index contributed by atoms with van der Waals surface area (Å²) in [7, 11) is 0. The summed E-state index contributed by atoms with van der Waals surface area (Å²) >= 11 is 0. The summed E-state index contributed by atoms with van der Waals surface area (Å²) in [5.74, 6) is -0.992. The zero-order valence-corrected chi connectivity index (χ0v) is 13.1. The number of ketones is 1. The Hall–Kier alpha value is -1.69. The Morgan fingerprint density at radius 2 is 1.64 bits per heavy atom. The van der Waals surface area contributed by atoms with E-state index in [2.05, 4.69) is 0 Å². The van der Waals surface area contributed by atoms with Gasteiger partial charge in [-0.15, -0.1) is 0 Å². The Bertz CT molecular complexity index is 428. The summed E-state index contributed by atoms with van der Waals surface area (Å²) in [6, 6.07) is 0. The van der Waals surface area contributed by atoms with Crippen molar-refractivity contribution in [1.29, 1.82) is 0 Å². The van der Waals surface area contributed by atoms with Gasteiger partial charge < -0.3 is 14.6 Å². The van der Waals surface area contributed by atoms with Gasteiger partial charge in [-0.3, -0.25) is 9.59 Å². The third-order valence-electron chi connectivity index (χ3n) is 3.41. The van der Waals surface area contributed by atoms with Gasteiger partial charge in [-0.05, 0) is 39.2 Å². The molecule has 6 nitrogen and oxygen atoms in total. The van der Waals surface area contributed by atoms with E-state index in [1.165, 1.54) is 12.2 Å². The normalized spacial score (nSPS) is 31.2. The largest absolute Gasteiger partial charge is 0.463 e. The first-order valence-electron chi connectivity index (χ1n) is 7.65. The van der Waals surface area contributed by atoms with E-state index in [0.29, 0.717) is 19.3 Å². The van der Waals surface area contributed by atoms with Crippen molar-refractivity contribution in [2.75, 3.05) is 0 Å². The number of carbonyl (C=O) groups excluding carboxylic acids is 3. The molecule has 0 spiro atoms. The topological polar surface area (TPSA) is 89.9 Å². The first-order valence-corrected chi connectivity index (χ1v) is 7.65. The van der Waals surface area contributed by atoms with Crippen LogP contribution in [0.15, 0.2) is 12.2 Å². The molecule has 6 heteroatoms. The molecule has 0 amide bonds. The van der Waals surface area contributed by atoms with Crippen LogP contribution in [-0.2, 0) is 23.9 Å². The average molecular weight is 312 g/mol. The van der Waals surface area contributed by atoms with Gasteiger partial charge in [0.15, 0.2) is 0 Å². The molecular weight excluding hydrogens is 288 g/mol. The van der Waals surface area contributed by atoms with Crippen molar-refractivity contribution in [1.82, 2.24) is 0 Å². The Morgan fingerprint density at radius 3 is 2.36 bits per heavy atom. The van der Waals surface area contributed by atoms with E-state index in [1.54, 1.807) is 13.8 Å². The van der Waals surface area contributed by atoms with E-state index in [9.17, 15) is 19.5 Å². The fourth-order valence-electron chi connectivity index (χ4n) is 2.06. The number of cyclic esters (lactones) is 2. The van der Waals surface area contributed by atoms with Crippen molar-refractivity contribution in [2.24, 2.45) is 0 Å². The second-order valence-corrected chi connectivity index (χ2v) is 5.63. The van der Waals surface area contributed by atoms with Gasteiger partial charge in [0.2, 0.25) is 0 Å². The monoisotopic (exact) mass is 312 g/mol. The smallest absolute Gasteiger partial charge is 0.330 e. The molecule has 1 aliphatic heterocycles. The highest BCUT2D eigenvalue weighted by Gasteiger charge is 2.15. The summed E-state index contributed by atoms with van der Waals surface area (Å²) in [6.07, 6.45) is 2.71. The number of hydrogen-bond acceptors (Lipinski definition) is 6. The van der Waals surface area contributed by atoms with Crippen molar-refractivity contribution in [3.05, 3.63) is 12.2 Å². The highest BCUT2D eigenvalue weighted by atomic mass is 16.5. The number of carbonyl (C=O) groups is 3. The minimum atomic E-state index is -0.793. The highest BCUT2D eigenvalue weighted by Crippen LogP contribution is 2.11. The molecule has 0 aromatic heterocycles. The van der Waals surface area contributed by atoms with E-state index in [0.717, 1.165) is 0 Å². The molecule has 0 radical (unpaired) electrons. The Labute approximate surface area is 130 Å². The van der Waals surface area contributed by atoms with Crippen LogP contribution in [0, 0.1) is 0 Å². The van der Waals surface area contributed by atoms with Crippen LogP contribution in [0.4, 0.5) is 0 Å². The lowest BCUT2D eigenvalue weighted by Gasteiger charge is -2.15. The van der Waals surface area contributed by atoms with Crippen LogP contribution >= 0.6 is 0 Å². The summed E-state index contributed by atoms with van der Waals surface area (Å²) in [5, 5.41) is 9.74. The molecule has 1 aliphatic rings. The summed E-state index contributed by atoms with van der Waals surface area (Å²) < 4.78 is 10.3. The molecule has 0 saturated heterocycles. The second-order valence-electron chi connectivity index (χ2n) is 5.63. The van der Waals surface area contributed by atoms with Gasteiger partial charge in [0, 0.05) is 18.9 Å². The highest BCUT2D eigenvalue weighted by molar-refractivity contribution is 5.83. The molecular formula is C16H24O6. The van der Waals surface area contributed by atoms with Gasteiger partial charge in [-0.2, -0.15) is 0 Å². The molecule has 0 aromatic carbocycles. The third-order valence-corrected chi connectivity index (χ3v) is 3.41. The van der Waals surface area contributed by atoms with E-state index in [4.69, 9.17) is 9.47 Å². The predicted molar refractivity (Wildman–Crippen MR) is 79.0 cm³/mol. The average Bonchev–Trinajstić information content (AvgIpc) is 2.46. The zero-order chi connectivity index (χ0) is 16.5. The zero-order valence-electron chi connectivity index (χ0n) is 13.1. The van der Waals surface area contributed by atoms with Gasteiger partial charge in [0.05, 0.1) is 24.7 Å². The molecule has 1 heterocycles. The van der Waals surface area contributed by atoms with E-state index < -0.39 is 24.1 Å². The molecule has 22 heavy (non-hydrogen) atoms. The summed E-state index contributed by atoms with van der Waals surface area (Å²) in [5.41, 5.74) is 0. The number of ether oxygens (including phenoxy) is 2. The summed E-state index contributed by atoms with van der Waals surface area (Å²) in [6.45, 7) is 3.43. The number of esters is 2. The molecule has 1 rings (SSSR count). The maximum atomic E-state index is 11.7. The van der Waals surface area contributed by atoms with Gasteiger partial charge in [0.1, 0.15) is 5.78 Å². The van der Waals surface area contributed by atoms with Crippen molar-refractivity contribution < 1.29 is 29.0 Å². The van der Waals surface area contributed by atoms with Gasteiger partial charge in [-0.25, -0.2) is 4.79 Å². The SMILES string of the molecule is C[C@@H]1CCC(=O)CCC(=O)O[C@H](C)CC[C@H](O)/C=C\C(=O)O1. The van der Waals surface area contributed by atoms with Crippen LogP contribution in [0.2, 0.25) is 0 Å². The maximum Gasteiger partial charge on any atom is 0.330 e. The van der Waals surface area contributed by atoms with E-state index >= 15 is 0 Å². The number of aliphatic hydroxyl groups excluding tert-OH is 1. The van der Waals surface area contributed by atoms with Crippen molar-refractivity contribution in [3.8, 4) is 0 Å². The van der Waals surface area contributed by atoms with Crippen LogP contribution in [0.25, 0.3) is 0 Å². The van der Waals surface area contributed by atoms with Crippen LogP contribution < -0.4 is 0 Å². The molecule has 124 valence electrons. The standard InChI is InChI=1S/C16H24O6/c1-11-3-5-13(17)8-10-16(20)22-12(2)4-6-14(18)7-9-15(19)21-11/h7,9,11-12,14,18H,3-6,8,10H2,1-2H3/b9-7-/t11-,12-,14+/m1/s1. The minimum absolute atomic E-state index is 0.0504. The molecule has 1 N–H and O–H groups in total. The Morgan fingerprint density at radius 1 is 0.955 bits per heavy atom. The predicted octanol–water partition coefficient (Wildman–Crippen LogP) is 1.69. The van der Waals surface area contributed by atoms with Crippen LogP contribution in [0.3, 0.4) is 0 Å². The number of rotatable bonds is 0. The fraction of sp³-hybridized carbons (Fsp3) is 0.688. The molecule has 0 aromatic rings. The van der Waals surface area contributed by atoms with Gasteiger partial charge in [-0.1, -0.05) is 0 Å². The van der Waals surface area contributed by atoms with Crippen LogP contribution in [0.1, 0.15) is 52.4 Å².